The van der Waals surface area contributed by atoms with Gasteiger partial charge in [-0.3, -0.25) is 0 Å². The number of nitrogens with zero attached hydrogens (tertiary/aromatic N) is 1. The number of benzene rings is 1. The van der Waals surface area contributed by atoms with E-state index in [4.69, 9.17) is 14.9 Å². The molecule has 62 valence electrons. The minimum Gasteiger partial charge on any atom is -0.376 e. The van der Waals surface area contributed by atoms with E-state index in [9.17, 15) is 0 Å². The summed E-state index contributed by atoms with van der Waals surface area (Å²) in [5.74, 6) is 0. The highest BCUT2D eigenvalue weighted by molar-refractivity contribution is 7.93. The van der Waals surface area contributed by atoms with Crippen molar-refractivity contribution >= 4 is 12.0 Å². The first-order valence-electron chi connectivity index (χ1n) is 3.26. The SMILES string of the molecule is N#Cc1ccc(C(O)SO)cc1. The Hall–Kier alpha value is -1.02. The molecular weight excluding hydrogens is 174 g/mol. The van der Waals surface area contributed by atoms with Crippen molar-refractivity contribution in [2.75, 3.05) is 0 Å². The first-order valence-corrected chi connectivity index (χ1v) is 4.10. The van der Waals surface area contributed by atoms with Crippen LogP contribution in [0.4, 0.5) is 0 Å². The molecule has 0 fully saturated rings. The van der Waals surface area contributed by atoms with Gasteiger partial charge in [-0.15, -0.1) is 0 Å². The Morgan fingerprint density at radius 1 is 1.33 bits per heavy atom. The van der Waals surface area contributed by atoms with Crippen LogP contribution in [0.25, 0.3) is 0 Å². The van der Waals surface area contributed by atoms with Gasteiger partial charge in [0.05, 0.1) is 11.6 Å². The van der Waals surface area contributed by atoms with Crippen LogP contribution in [-0.4, -0.2) is 9.66 Å². The Labute approximate surface area is 74.5 Å². The van der Waals surface area contributed by atoms with Crippen LogP contribution in [0.3, 0.4) is 0 Å². The highest BCUT2D eigenvalue weighted by Crippen LogP contribution is 2.22. The molecule has 1 atom stereocenters. The fourth-order valence-electron chi connectivity index (χ4n) is 0.783. The van der Waals surface area contributed by atoms with Gasteiger partial charge in [0.15, 0.2) is 0 Å². The van der Waals surface area contributed by atoms with Gasteiger partial charge in [0.2, 0.25) is 0 Å². The zero-order chi connectivity index (χ0) is 8.97. The minimum atomic E-state index is -0.933. The monoisotopic (exact) mass is 181 g/mol. The maximum atomic E-state index is 9.12. The summed E-state index contributed by atoms with van der Waals surface area (Å²) in [6.07, 6.45) is 0. The number of hydrogen-bond donors (Lipinski definition) is 2. The van der Waals surface area contributed by atoms with Gasteiger partial charge in [-0.2, -0.15) is 5.26 Å². The van der Waals surface area contributed by atoms with Crippen molar-refractivity contribution in [3.05, 3.63) is 35.4 Å². The van der Waals surface area contributed by atoms with E-state index < -0.39 is 5.44 Å². The largest absolute Gasteiger partial charge is 0.376 e. The molecule has 1 aromatic carbocycles. The van der Waals surface area contributed by atoms with Gasteiger partial charge >= 0.3 is 0 Å². The number of nitriles is 1. The van der Waals surface area contributed by atoms with E-state index in [0.717, 1.165) is 0 Å². The summed E-state index contributed by atoms with van der Waals surface area (Å²) < 4.78 is 8.52. The Kier molecular flexibility index (Phi) is 3.11. The fraction of sp³-hybridized carbons (Fsp3) is 0.125. The van der Waals surface area contributed by atoms with Crippen LogP contribution >= 0.6 is 12.0 Å². The predicted octanol–water partition coefficient (Wildman–Crippen LogP) is 1.76. The molecule has 0 aliphatic rings. The van der Waals surface area contributed by atoms with E-state index in [1.807, 2.05) is 6.07 Å². The Morgan fingerprint density at radius 3 is 2.33 bits per heavy atom. The third kappa shape index (κ3) is 1.98. The molecule has 0 amide bonds. The summed E-state index contributed by atoms with van der Waals surface area (Å²) in [5.41, 5.74) is 0.188. The molecule has 0 aliphatic carbocycles. The Morgan fingerprint density at radius 2 is 1.92 bits per heavy atom. The second-order valence-corrected chi connectivity index (χ2v) is 2.85. The van der Waals surface area contributed by atoms with E-state index >= 15 is 0 Å². The van der Waals surface area contributed by atoms with Crippen molar-refractivity contribution in [2.45, 2.75) is 5.44 Å². The van der Waals surface area contributed by atoms with Crippen molar-refractivity contribution in [3.8, 4) is 6.07 Å². The van der Waals surface area contributed by atoms with Crippen molar-refractivity contribution in [3.63, 3.8) is 0 Å². The average molecular weight is 181 g/mol. The molecule has 2 N–H and O–H groups in total. The zero-order valence-corrected chi connectivity index (χ0v) is 6.95. The summed E-state index contributed by atoms with van der Waals surface area (Å²) in [6, 6.07) is 8.35. The van der Waals surface area contributed by atoms with Crippen LogP contribution in [0, 0.1) is 11.3 Å². The van der Waals surface area contributed by atoms with E-state index in [0.29, 0.717) is 23.2 Å². The minimum absolute atomic E-state index is 0.364. The van der Waals surface area contributed by atoms with Gasteiger partial charge < -0.3 is 9.66 Å². The van der Waals surface area contributed by atoms with Crippen LogP contribution in [0.1, 0.15) is 16.6 Å². The van der Waals surface area contributed by atoms with Crippen molar-refractivity contribution in [1.82, 2.24) is 0 Å². The standard InChI is InChI=1S/C8H7NO2S/c9-5-6-1-3-7(4-2-6)8(10)12-11/h1-4,8,10-11H. The predicted molar refractivity (Wildman–Crippen MR) is 46.3 cm³/mol. The number of rotatable bonds is 2. The van der Waals surface area contributed by atoms with E-state index in [1.54, 1.807) is 24.3 Å². The van der Waals surface area contributed by atoms with Crippen LogP contribution in [0.15, 0.2) is 24.3 Å². The average Bonchev–Trinajstić information content (AvgIpc) is 2.17. The molecule has 0 spiro atoms. The Bertz CT molecular complexity index is 291. The van der Waals surface area contributed by atoms with Gasteiger partial charge in [0.1, 0.15) is 5.44 Å². The molecule has 1 rings (SSSR count). The molecule has 3 nitrogen and oxygen atoms in total. The van der Waals surface area contributed by atoms with Gasteiger partial charge in [0, 0.05) is 12.0 Å². The van der Waals surface area contributed by atoms with Crippen molar-refractivity contribution in [1.29, 1.82) is 5.26 Å². The van der Waals surface area contributed by atoms with Crippen LogP contribution < -0.4 is 0 Å². The van der Waals surface area contributed by atoms with Gasteiger partial charge in [-0.1, -0.05) is 12.1 Å². The molecule has 0 bridgehead atoms. The maximum absolute atomic E-state index is 9.12. The Balaban J connectivity index is 2.86. The molecule has 0 radical (unpaired) electrons. The molecule has 0 aromatic heterocycles. The highest BCUT2D eigenvalue weighted by atomic mass is 32.2. The third-order valence-electron chi connectivity index (χ3n) is 1.42. The number of hydrogen-bond acceptors (Lipinski definition) is 4. The molecule has 1 aromatic rings. The second kappa shape index (κ2) is 4.12. The van der Waals surface area contributed by atoms with Crippen LogP contribution in [0.5, 0.6) is 0 Å². The normalized spacial score (nSPS) is 12.1. The topological polar surface area (TPSA) is 64.2 Å². The molecule has 0 saturated heterocycles. The van der Waals surface area contributed by atoms with Gasteiger partial charge in [-0.05, 0) is 17.7 Å². The lowest BCUT2D eigenvalue weighted by Gasteiger charge is -2.04. The molecule has 0 heterocycles. The van der Waals surface area contributed by atoms with Gasteiger partial charge in [0.25, 0.3) is 0 Å². The maximum Gasteiger partial charge on any atom is 0.150 e. The lowest BCUT2D eigenvalue weighted by Crippen LogP contribution is -1.90. The highest BCUT2D eigenvalue weighted by Gasteiger charge is 2.05. The van der Waals surface area contributed by atoms with E-state index in [1.165, 1.54) is 0 Å². The van der Waals surface area contributed by atoms with Gasteiger partial charge in [-0.25, -0.2) is 0 Å². The number of aliphatic hydroxyl groups excluding tert-OH is 1. The molecule has 0 aliphatic heterocycles. The third-order valence-corrected chi connectivity index (χ3v) is 1.90. The smallest absolute Gasteiger partial charge is 0.150 e. The summed E-state index contributed by atoms with van der Waals surface area (Å²) in [5, 5.41) is 17.6. The van der Waals surface area contributed by atoms with Crippen molar-refractivity contribution in [2.24, 2.45) is 0 Å². The summed E-state index contributed by atoms with van der Waals surface area (Å²) >= 11 is 0.364. The lowest BCUT2D eigenvalue weighted by molar-refractivity contribution is 0.262. The van der Waals surface area contributed by atoms with Crippen LogP contribution in [0.2, 0.25) is 0 Å². The quantitative estimate of drug-likeness (QED) is 0.539. The second-order valence-electron chi connectivity index (χ2n) is 2.19. The van der Waals surface area contributed by atoms with Crippen LogP contribution in [-0.2, 0) is 0 Å². The molecule has 1 unspecified atom stereocenters. The molecule has 4 heteroatoms. The molecule has 0 saturated carbocycles. The fourth-order valence-corrected chi connectivity index (χ4v) is 1.06. The molecular formula is C8H7NO2S. The molecule has 12 heavy (non-hydrogen) atoms. The zero-order valence-electron chi connectivity index (χ0n) is 6.14. The number of aliphatic hydroxyl groups is 1. The lowest BCUT2D eigenvalue weighted by atomic mass is 10.2. The van der Waals surface area contributed by atoms with Crippen molar-refractivity contribution < 1.29 is 9.66 Å². The summed E-state index contributed by atoms with van der Waals surface area (Å²) in [7, 11) is 0. The summed E-state index contributed by atoms with van der Waals surface area (Å²) in [4.78, 5) is 0. The first-order chi connectivity index (χ1) is 5.77. The first kappa shape index (κ1) is 9.07. The van der Waals surface area contributed by atoms with E-state index in [-0.39, 0.29) is 0 Å². The summed E-state index contributed by atoms with van der Waals surface area (Å²) in [6.45, 7) is 0. The van der Waals surface area contributed by atoms with E-state index in [2.05, 4.69) is 0 Å².